The van der Waals surface area contributed by atoms with Crippen molar-refractivity contribution in [1.29, 1.82) is 0 Å². The molecule has 0 radical (unpaired) electrons. The second-order valence-electron chi connectivity index (χ2n) is 5.48. The van der Waals surface area contributed by atoms with Gasteiger partial charge in [-0.2, -0.15) is 0 Å². The van der Waals surface area contributed by atoms with Gasteiger partial charge in [0.25, 0.3) is 0 Å². The van der Waals surface area contributed by atoms with Gasteiger partial charge in [0.2, 0.25) is 0 Å². The smallest absolute Gasteiger partial charge is 0.404 e. The largest absolute Gasteiger partial charge is 0.493 e. The zero-order valence-corrected chi connectivity index (χ0v) is 12.5. The molecule has 0 aliphatic carbocycles. The molecular formula is C16H23NO5. The molecule has 1 amide bonds. The Kier molecular flexibility index (Phi) is 6.48. The highest BCUT2D eigenvalue weighted by Crippen LogP contribution is 2.23. The van der Waals surface area contributed by atoms with Gasteiger partial charge in [0.05, 0.1) is 12.7 Å². The lowest BCUT2D eigenvalue weighted by Gasteiger charge is -2.22. The monoisotopic (exact) mass is 309 g/mol. The van der Waals surface area contributed by atoms with Crippen LogP contribution >= 0.6 is 0 Å². The lowest BCUT2D eigenvalue weighted by molar-refractivity contribution is 0.0497. The van der Waals surface area contributed by atoms with Crippen molar-refractivity contribution >= 4 is 6.09 Å². The van der Waals surface area contributed by atoms with Crippen LogP contribution in [0.5, 0.6) is 5.75 Å². The van der Waals surface area contributed by atoms with E-state index < -0.39 is 12.2 Å². The Morgan fingerprint density at radius 3 is 2.91 bits per heavy atom. The van der Waals surface area contributed by atoms with Crippen LogP contribution in [0.2, 0.25) is 0 Å². The Morgan fingerprint density at radius 1 is 1.41 bits per heavy atom. The number of carboxylic acid groups (broad SMARTS) is 1. The van der Waals surface area contributed by atoms with Crippen LogP contribution in [0.1, 0.15) is 30.9 Å². The van der Waals surface area contributed by atoms with Crippen molar-refractivity contribution in [2.24, 2.45) is 5.92 Å². The molecule has 1 aromatic carbocycles. The summed E-state index contributed by atoms with van der Waals surface area (Å²) in [5.41, 5.74) is 0.733. The molecule has 1 atom stereocenters. The molecule has 22 heavy (non-hydrogen) atoms. The fraction of sp³-hybridized carbons (Fsp3) is 0.562. The zero-order chi connectivity index (χ0) is 15.8. The summed E-state index contributed by atoms with van der Waals surface area (Å²) < 4.78 is 11.1. The Bertz CT molecular complexity index is 473. The summed E-state index contributed by atoms with van der Waals surface area (Å²) in [5.74, 6) is 1.25. The molecule has 1 fully saturated rings. The predicted octanol–water partition coefficient (Wildman–Crippen LogP) is 2.18. The molecule has 0 saturated carbocycles. The van der Waals surface area contributed by atoms with Gasteiger partial charge in [-0.3, -0.25) is 0 Å². The number of hydrogen-bond acceptors (Lipinski definition) is 4. The van der Waals surface area contributed by atoms with E-state index in [1.54, 1.807) is 0 Å². The van der Waals surface area contributed by atoms with Gasteiger partial charge in [-0.15, -0.1) is 0 Å². The van der Waals surface area contributed by atoms with Gasteiger partial charge < -0.3 is 25.0 Å². The van der Waals surface area contributed by atoms with Gasteiger partial charge in [0.1, 0.15) is 5.75 Å². The number of hydrogen-bond donors (Lipinski definition) is 3. The molecule has 1 aliphatic heterocycles. The summed E-state index contributed by atoms with van der Waals surface area (Å²) in [6.45, 7) is 2.46. The minimum absolute atomic E-state index is 0.212. The normalized spacial score (nSPS) is 17.0. The van der Waals surface area contributed by atoms with E-state index in [-0.39, 0.29) is 6.54 Å². The summed E-state index contributed by atoms with van der Waals surface area (Å²) in [7, 11) is 0. The van der Waals surface area contributed by atoms with Gasteiger partial charge in [-0.05, 0) is 42.9 Å². The Hall–Kier alpha value is -1.79. The quantitative estimate of drug-likeness (QED) is 0.718. The van der Waals surface area contributed by atoms with Crippen LogP contribution in [0.15, 0.2) is 24.3 Å². The van der Waals surface area contributed by atoms with E-state index in [1.165, 1.54) is 0 Å². The van der Waals surface area contributed by atoms with E-state index in [2.05, 4.69) is 5.32 Å². The fourth-order valence-corrected chi connectivity index (χ4v) is 2.42. The first-order valence-corrected chi connectivity index (χ1v) is 7.60. The van der Waals surface area contributed by atoms with E-state index >= 15 is 0 Å². The second-order valence-corrected chi connectivity index (χ2v) is 5.48. The van der Waals surface area contributed by atoms with Crippen LogP contribution in [-0.4, -0.2) is 42.7 Å². The number of rotatable bonds is 7. The summed E-state index contributed by atoms with van der Waals surface area (Å²) >= 11 is 0. The number of aliphatic hydroxyl groups is 1. The predicted molar refractivity (Wildman–Crippen MR) is 81.1 cm³/mol. The average molecular weight is 309 g/mol. The molecule has 122 valence electrons. The van der Waals surface area contributed by atoms with Gasteiger partial charge in [-0.1, -0.05) is 12.1 Å². The molecule has 1 saturated heterocycles. The van der Waals surface area contributed by atoms with Crippen LogP contribution < -0.4 is 10.1 Å². The van der Waals surface area contributed by atoms with Crippen molar-refractivity contribution in [1.82, 2.24) is 5.32 Å². The highest BCUT2D eigenvalue weighted by atomic mass is 16.5. The third-order valence-electron chi connectivity index (χ3n) is 3.76. The van der Waals surface area contributed by atoms with E-state index in [9.17, 15) is 9.90 Å². The van der Waals surface area contributed by atoms with Crippen molar-refractivity contribution < 1.29 is 24.5 Å². The SMILES string of the molecule is O=C(O)NCCC(O)c1cccc(OCC2CCOCC2)c1. The third-order valence-corrected chi connectivity index (χ3v) is 3.76. The molecular weight excluding hydrogens is 286 g/mol. The van der Waals surface area contributed by atoms with Gasteiger partial charge in [0.15, 0.2) is 0 Å². The van der Waals surface area contributed by atoms with E-state index in [0.717, 1.165) is 37.4 Å². The number of ether oxygens (including phenoxy) is 2. The molecule has 1 heterocycles. The first-order chi connectivity index (χ1) is 10.6. The van der Waals surface area contributed by atoms with Crippen molar-refractivity contribution in [3.05, 3.63) is 29.8 Å². The molecule has 6 heteroatoms. The first kappa shape index (κ1) is 16.6. The summed E-state index contributed by atoms with van der Waals surface area (Å²) in [6.07, 6.45) is 0.571. The summed E-state index contributed by atoms with van der Waals surface area (Å²) in [5, 5.41) is 20.8. The lowest BCUT2D eigenvalue weighted by atomic mass is 10.0. The van der Waals surface area contributed by atoms with Crippen LogP contribution in [0.25, 0.3) is 0 Å². The topological polar surface area (TPSA) is 88.0 Å². The molecule has 3 N–H and O–H groups in total. The van der Waals surface area contributed by atoms with Crippen LogP contribution in [-0.2, 0) is 4.74 Å². The Labute approximate surface area is 130 Å². The zero-order valence-electron chi connectivity index (χ0n) is 12.5. The number of amides is 1. The third kappa shape index (κ3) is 5.54. The second kappa shape index (κ2) is 8.60. The van der Waals surface area contributed by atoms with E-state index in [0.29, 0.717) is 18.9 Å². The molecule has 6 nitrogen and oxygen atoms in total. The fourth-order valence-electron chi connectivity index (χ4n) is 2.42. The maximum Gasteiger partial charge on any atom is 0.404 e. The summed E-state index contributed by atoms with van der Waals surface area (Å²) in [4.78, 5) is 10.4. The molecule has 1 aromatic rings. The number of nitrogens with one attached hydrogen (secondary N) is 1. The molecule has 1 unspecified atom stereocenters. The molecule has 0 spiro atoms. The van der Waals surface area contributed by atoms with E-state index in [4.69, 9.17) is 14.6 Å². The van der Waals surface area contributed by atoms with Crippen molar-refractivity contribution in [2.75, 3.05) is 26.4 Å². The van der Waals surface area contributed by atoms with Gasteiger partial charge >= 0.3 is 6.09 Å². The van der Waals surface area contributed by atoms with Crippen molar-refractivity contribution in [3.8, 4) is 5.75 Å². The van der Waals surface area contributed by atoms with Crippen molar-refractivity contribution in [3.63, 3.8) is 0 Å². The molecule has 0 aromatic heterocycles. The Balaban J connectivity index is 1.81. The number of benzene rings is 1. The molecule has 2 rings (SSSR count). The number of aliphatic hydroxyl groups excluding tert-OH is 1. The van der Waals surface area contributed by atoms with Crippen LogP contribution in [0, 0.1) is 5.92 Å². The highest BCUT2D eigenvalue weighted by molar-refractivity contribution is 5.64. The minimum Gasteiger partial charge on any atom is -0.493 e. The van der Waals surface area contributed by atoms with Crippen LogP contribution in [0.4, 0.5) is 4.79 Å². The maximum absolute atomic E-state index is 10.4. The van der Waals surface area contributed by atoms with Crippen LogP contribution in [0.3, 0.4) is 0 Å². The minimum atomic E-state index is -1.08. The number of carbonyl (C=O) groups is 1. The molecule has 1 aliphatic rings. The Morgan fingerprint density at radius 2 is 2.18 bits per heavy atom. The first-order valence-electron chi connectivity index (χ1n) is 7.60. The van der Waals surface area contributed by atoms with Crippen molar-refractivity contribution in [2.45, 2.75) is 25.4 Å². The van der Waals surface area contributed by atoms with Gasteiger partial charge in [-0.25, -0.2) is 4.79 Å². The standard InChI is InChI=1S/C16H23NO5/c18-15(4-7-17-16(19)20)13-2-1-3-14(10-13)22-11-12-5-8-21-9-6-12/h1-3,10,12,15,17-18H,4-9,11H2,(H,19,20). The highest BCUT2D eigenvalue weighted by Gasteiger charge is 2.15. The average Bonchev–Trinajstić information content (AvgIpc) is 2.54. The lowest BCUT2D eigenvalue weighted by Crippen LogP contribution is -2.23. The maximum atomic E-state index is 10.4. The summed E-state index contributed by atoms with van der Waals surface area (Å²) in [6, 6.07) is 7.32. The van der Waals surface area contributed by atoms with Gasteiger partial charge in [0, 0.05) is 19.8 Å². The van der Waals surface area contributed by atoms with E-state index in [1.807, 2.05) is 24.3 Å². The molecule has 0 bridgehead atoms.